The lowest BCUT2D eigenvalue weighted by Gasteiger charge is -2.37. The number of alkyl halides is 8. The number of aliphatic hydroxyl groups excluding tert-OH is 4. The third-order valence-electron chi connectivity index (χ3n) is 2.89. The van der Waals surface area contributed by atoms with Gasteiger partial charge in [0.05, 0.1) is 25.4 Å². The molecule has 0 aromatic rings. The molecule has 0 aromatic heterocycles. The molecule has 0 saturated heterocycles. The van der Waals surface area contributed by atoms with Gasteiger partial charge >= 0.3 is 29.7 Å². The van der Waals surface area contributed by atoms with Gasteiger partial charge in [-0.2, -0.15) is 35.1 Å². The fraction of sp³-hybridized carbons (Fsp3) is 0.769. The smallest absolute Gasteiger partial charge is 0.378 e. The second-order valence-electron chi connectivity index (χ2n) is 5.18. The first-order valence-electron chi connectivity index (χ1n) is 6.88. The van der Waals surface area contributed by atoms with E-state index in [1.807, 2.05) is 0 Å². The van der Waals surface area contributed by atoms with Gasteiger partial charge in [-0.15, -0.1) is 0 Å². The van der Waals surface area contributed by atoms with Crippen LogP contribution >= 0.6 is 0 Å². The lowest BCUT2D eigenvalue weighted by molar-refractivity contribution is -0.372. The van der Waals surface area contributed by atoms with Crippen LogP contribution in [0.5, 0.6) is 0 Å². The molecule has 0 aliphatic rings. The van der Waals surface area contributed by atoms with E-state index < -0.39 is 67.9 Å². The molecule has 0 radical (unpaired) electrons. The molecular weight excluding hydrogens is 404 g/mol. The largest absolute Gasteiger partial charge is 0.478 e. The van der Waals surface area contributed by atoms with Crippen molar-refractivity contribution in [3.8, 4) is 0 Å². The average Bonchev–Trinajstić information content (AvgIpc) is 2.53. The quantitative estimate of drug-likeness (QED) is 0.267. The van der Waals surface area contributed by atoms with Gasteiger partial charge in [0, 0.05) is 18.9 Å². The summed E-state index contributed by atoms with van der Waals surface area (Å²) < 4.78 is 105. The Labute approximate surface area is 147 Å². The Morgan fingerprint density at radius 1 is 0.815 bits per heavy atom. The van der Waals surface area contributed by atoms with E-state index in [4.69, 9.17) is 25.5 Å². The highest BCUT2D eigenvalue weighted by Gasteiger charge is 2.80. The van der Waals surface area contributed by atoms with Gasteiger partial charge < -0.3 is 25.5 Å². The van der Waals surface area contributed by atoms with E-state index in [1.54, 1.807) is 0 Å². The first-order chi connectivity index (χ1) is 11.9. The Kier molecular flexibility index (Phi) is 10.4. The topological polar surface area (TPSA) is 118 Å². The molecule has 0 spiro atoms. The number of aliphatic carboxylic acids is 1. The lowest BCUT2D eigenvalue weighted by Crippen LogP contribution is -2.63. The van der Waals surface area contributed by atoms with Gasteiger partial charge in [-0.25, -0.2) is 4.79 Å². The SMILES string of the molecule is C=CC(=O)O.OCC(O)CC(F)(F)C(F)(F)C(F)(F)C(F)(F)CC(O)CO. The maximum absolute atomic E-state index is 13.2. The van der Waals surface area contributed by atoms with Gasteiger partial charge in [0.25, 0.3) is 0 Å². The summed E-state index contributed by atoms with van der Waals surface area (Å²) in [6.07, 6.45) is -9.00. The number of aliphatic hydroxyl groups is 4. The van der Waals surface area contributed by atoms with Crippen molar-refractivity contribution in [3.05, 3.63) is 12.7 Å². The molecule has 0 amide bonds. The summed E-state index contributed by atoms with van der Waals surface area (Å²) in [5.74, 6) is -25.7. The fourth-order valence-electron chi connectivity index (χ4n) is 1.44. The first-order valence-corrected chi connectivity index (χ1v) is 6.88. The zero-order chi connectivity index (χ0) is 22.3. The zero-order valence-electron chi connectivity index (χ0n) is 13.4. The van der Waals surface area contributed by atoms with Gasteiger partial charge in [0.2, 0.25) is 0 Å². The number of halogens is 8. The number of hydrogen-bond acceptors (Lipinski definition) is 5. The van der Waals surface area contributed by atoms with E-state index in [1.165, 1.54) is 0 Å². The van der Waals surface area contributed by atoms with Crippen LogP contribution in [-0.4, -0.2) is 80.6 Å². The summed E-state index contributed by atoms with van der Waals surface area (Å²) in [6, 6.07) is 0. The van der Waals surface area contributed by atoms with Crippen LogP contribution in [0.4, 0.5) is 35.1 Å². The Balaban J connectivity index is 0. The molecule has 27 heavy (non-hydrogen) atoms. The molecule has 0 heterocycles. The van der Waals surface area contributed by atoms with E-state index in [9.17, 15) is 39.9 Å². The van der Waals surface area contributed by atoms with Crippen molar-refractivity contribution in [1.82, 2.24) is 0 Å². The third kappa shape index (κ3) is 7.20. The molecule has 0 bridgehead atoms. The Morgan fingerprint density at radius 3 is 1.19 bits per heavy atom. The second-order valence-corrected chi connectivity index (χ2v) is 5.18. The van der Waals surface area contributed by atoms with Crippen LogP contribution in [0.3, 0.4) is 0 Å². The normalized spacial score (nSPS) is 15.4. The summed E-state index contributed by atoms with van der Waals surface area (Å²) >= 11 is 0. The van der Waals surface area contributed by atoms with E-state index in [0.717, 1.165) is 6.08 Å². The highest BCUT2D eigenvalue weighted by molar-refractivity contribution is 5.78. The van der Waals surface area contributed by atoms with E-state index in [0.29, 0.717) is 0 Å². The maximum atomic E-state index is 13.2. The Hall–Kier alpha value is -1.51. The summed E-state index contributed by atoms with van der Waals surface area (Å²) in [7, 11) is 0. The fourth-order valence-corrected chi connectivity index (χ4v) is 1.44. The minimum Gasteiger partial charge on any atom is -0.478 e. The second kappa shape index (κ2) is 10.1. The van der Waals surface area contributed by atoms with E-state index in [2.05, 4.69) is 6.58 Å². The van der Waals surface area contributed by atoms with E-state index in [-0.39, 0.29) is 0 Å². The zero-order valence-corrected chi connectivity index (χ0v) is 13.4. The van der Waals surface area contributed by atoms with Crippen LogP contribution in [0.1, 0.15) is 12.8 Å². The van der Waals surface area contributed by atoms with Crippen molar-refractivity contribution in [2.45, 2.75) is 48.7 Å². The predicted octanol–water partition coefficient (Wildman–Crippen LogP) is 1.27. The molecule has 0 rings (SSSR count). The van der Waals surface area contributed by atoms with Crippen molar-refractivity contribution in [2.24, 2.45) is 0 Å². The minimum absolute atomic E-state index is 0.833. The minimum atomic E-state index is -6.59. The van der Waals surface area contributed by atoms with Crippen molar-refractivity contribution >= 4 is 5.97 Å². The van der Waals surface area contributed by atoms with Crippen LogP contribution in [0.15, 0.2) is 12.7 Å². The van der Waals surface area contributed by atoms with Crippen LogP contribution < -0.4 is 0 Å². The van der Waals surface area contributed by atoms with Gasteiger partial charge in [0.1, 0.15) is 0 Å². The summed E-state index contributed by atoms with van der Waals surface area (Å²) in [5, 5.41) is 41.4. The Morgan fingerprint density at radius 2 is 1.04 bits per heavy atom. The Bertz CT molecular complexity index is 451. The molecule has 2 atom stereocenters. The van der Waals surface area contributed by atoms with Crippen LogP contribution in [-0.2, 0) is 4.79 Å². The molecule has 162 valence electrons. The number of carboxylic acid groups (broad SMARTS) is 1. The third-order valence-corrected chi connectivity index (χ3v) is 2.89. The monoisotopic (exact) mass is 422 g/mol. The summed E-state index contributed by atoms with van der Waals surface area (Å²) in [4.78, 5) is 9.25. The van der Waals surface area contributed by atoms with Crippen molar-refractivity contribution in [1.29, 1.82) is 0 Å². The molecule has 14 heteroatoms. The molecule has 0 aromatic carbocycles. The predicted molar refractivity (Wildman–Crippen MR) is 73.0 cm³/mol. The number of carboxylic acids is 1. The summed E-state index contributed by atoms with van der Waals surface area (Å²) in [6.45, 7) is 0.00998. The van der Waals surface area contributed by atoms with Crippen LogP contribution in [0, 0.1) is 0 Å². The lowest BCUT2D eigenvalue weighted by atomic mass is 9.92. The number of hydrogen-bond donors (Lipinski definition) is 5. The molecular formula is C13H18F8O6. The highest BCUT2D eigenvalue weighted by Crippen LogP contribution is 2.54. The molecule has 0 fully saturated rings. The van der Waals surface area contributed by atoms with Crippen molar-refractivity contribution in [2.75, 3.05) is 13.2 Å². The average molecular weight is 422 g/mol. The van der Waals surface area contributed by atoms with Gasteiger partial charge in [0.15, 0.2) is 0 Å². The molecule has 2 unspecified atom stereocenters. The molecule has 0 aliphatic heterocycles. The van der Waals surface area contributed by atoms with E-state index >= 15 is 0 Å². The maximum Gasteiger partial charge on any atom is 0.378 e. The first kappa shape index (κ1) is 27.7. The molecule has 5 N–H and O–H groups in total. The van der Waals surface area contributed by atoms with Gasteiger partial charge in [-0.1, -0.05) is 6.58 Å². The number of rotatable bonds is 10. The molecule has 6 nitrogen and oxygen atoms in total. The summed E-state index contributed by atoms with van der Waals surface area (Å²) in [5.41, 5.74) is 0. The molecule has 0 saturated carbocycles. The van der Waals surface area contributed by atoms with Gasteiger partial charge in [-0.3, -0.25) is 0 Å². The van der Waals surface area contributed by atoms with Crippen LogP contribution in [0.2, 0.25) is 0 Å². The van der Waals surface area contributed by atoms with Crippen molar-refractivity contribution < 1.29 is 65.5 Å². The highest BCUT2D eigenvalue weighted by atomic mass is 19.4. The van der Waals surface area contributed by atoms with Crippen molar-refractivity contribution in [3.63, 3.8) is 0 Å². The van der Waals surface area contributed by atoms with Crippen LogP contribution in [0.25, 0.3) is 0 Å². The number of carbonyl (C=O) groups is 1. The molecule has 0 aliphatic carbocycles. The standard InChI is InChI=1S/C10H14F8O4.C3H4O2/c11-7(12,1-5(21)3-19)9(15,16)10(17,18)8(13,14)2-6(22)4-20;1-2-3(4)5/h5-6,19-22H,1-4H2;2H,1H2,(H,4,5). The van der Waals surface area contributed by atoms with Gasteiger partial charge in [-0.05, 0) is 0 Å².